The van der Waals surface area contributed by atoms with E-state index in [0.29, 0.717) is 5.76 Å². The van der Waals surface area contributed by atoms with Crippen LogP contribution in [0.15, 0.2) is 47.1 Å². The lowest BCUT2D eigenvalue weighted by atomic mass is 9.98. The molecule has 5 heteroatoms. The number of carbonyl (C=O) groups is 1. The molecule has 0 fully saturated rings. The molecule has 0 N–H and O–H groups in total. The number of alkyl halides is 1. The number of benzene rings is 1. The van der Waals surface area contributed by atoms with Crippen molar-refractivity contribution in [3.63, 3.8) is 0 Å². The molecule has 0 aliphatic heterocycles. The van der Waals surface area contributed by atoms with E-state index in [1.165, 1.54) is 6.26 Å². The minimum atomic E-state index is -0.472. The summed E-state index contributed by atoms with van der Waals surface area (Å²) in [6, 6.07) is 13.4. The van der Waals surface area contributed by atoms with E-state index in [-0.39, 0.29) is 23.3 Å². The summed E-state index contributed by atoms with van der Waals surface area (Å²) in [7, 11) is 0. The van der Waals surface area contributed by atoms with E-state index < -0.39 is 5.92 Å². The normalized spacial score (nSPS) is 13.3. The maximum absolute atomic E-state index is 11.8. The van der Waals surface area contributed by atoms with Gasteiger partial charge in [0.15, 0.2) is 0 Å². The highest BCUT2D eigenvalue weighted by molar-refractivity contribution is 9.10. The Labute approximate surface area is 144 Å². The van der Waals surface area contributed by atoms with Crippen LogP contribution >= 0.6 is 15.9 Å². The van der Waals surface area contributed by atoms with E-state index in [9.17, 15) is 10.1 Å². The third kappa shape index (κ3) is 4.46. The third-order valence-electron chi connectivity index (χ3n) is 3.41. The van der Waals surface area contributed by atoms with Gasteiger partial charge in [-0.05, 0) is 17.5 Å². The standard InChI is InChI=1S/C18H18BrNO3/c1-12(2)17(19)18(21)23-11-13-8-16(22-10-13)15(9-20)14-6-4-3-5-7-14/h3-8,10,12,15,17H,11H2,1-2H3. The number of ether oxygens (including phenoxy) is 1. The van der Waals surface area contributed by atoms with Gasteiger partial charge in [0.1, 0.15) is 23.1 Å². The molecule has 0 amide bonds. The van der Waals surface area contributed by atoms with E-state index in [1.54, 1.807) is 6.07 Å². The number of hydrogen-bond donors (Lipinski definition) is 0. The summed E-state index contributed by atoms with van der Waals surface area (Å²) in [5.74, 6) is -0.0738. The quantitative estimate of drug-likeness (QED) is 0.554. The zero-order valence-electron chi connectivity index (χ0n) is 13.0. The van der Waals surface area contributed by atoms with Crippen molar-refractivity contribution in [1.82, 2.24) is 0 Å². The lowest BCUT2D eigenvalue weighted by Gasteiger charge is -2.12. The van der Waals surface area contributed by atoms with Crippen LogP contribution < -0.4 is 0 Å². The number of rotatable bonds is 6. The molecule has 2 rings (SSSR count). The van der Waals surface area contributed by atoms with Gasteiger partial charge < -0.3 is 9.15 Å². The summed E-state index contributed by atoms with van der Waals surface area (Å²) in [6.07, 6.45) is 1.52. The lowest BCUT2D eigenvalue weighted by Crippen LogP contribution is -2.22. The average Bonchev–Trinajstić information content (AvgIpc) is 3.02. The van der Waals surface area contributed by atoms with Crippen molar-refractivity contribution in [3.05, 3.63) is 59.5 Å². The Bertz CT molecular complexity index is 688. The van der Waals surface area contributed by atoms with Gasteiger partial charge in [0, 0.05) is 5.56 Å². The Morgan fingerprint density at radius 2 is 2.04 bits per heavy atom. The molecule has 2 atom stereocenters. The van der Waals surface area contributed by atoms with Crippen LogP contribution in [0.4, 0.5) is 0 Å². The third-order valence-corrected chi connectivity index (χ3v) is 4.84. The highest BCUT2D eigenvalue weighted by Crippen LogP contribution is 2.26. The van der Waals surface area contributed by atoms with Crippen molar-refractivity contribution in [3.8, 4) is 6.07 Å². The fourth-order valence-electron chi connectivity index (χ4n) is 2.08. The number of esters is 1. The molecule has 0 aliphatic carbocycles. The van der Waals surface area contributed by atoms with E-state index >= 15 is 0 Å². The largest absolute Gasteiger partial charge is 0.467 e. The minimum Gasteiger partial charge on any atom is -0.467 e. The molecule has 0 saturated carbocycles. The molecule has 2 aromatic rings. The second kappa shape index (κ2) is 7.98. The Morgan fingerprint density at radius 1 is 1.35 bits per heavy atom. The molecule has 1 heterocycles. The van der Waals surface area contributed by atoms with Crippen molar-refractivity contribution < 1.29 is 13.9 Å². The second-order valence-electron chi connectivity index (χ2n) is 5.58. The number of carbonyl (C=O) groups excluding carboxylic acids is 1. The Hall–Kier alpha value is -2.06. The topological polar surface area (TPSA) is 63.2 Å². The molecular weight excluding hydrogens is 358 g/mol. The zero-order valence-corrected chi connectivity index (χ0v) is 14.6. The van der Waals surface area contributed by atoms with Gasteiger partial charge in [-0.15, -0.1) is 0 Å². The first-order valence-electron chi connectivity index (χ1n) is 7.35. The van der Waals surface area contributed by atoms with Crippen molar-refractivity contribution >= 4 is 21.9 Å². The summed E-state index contributed by atoms with van der Waals surface area (Å²) < 4.78 is 10.7. The summed E-state index contributed by atoms with van der Waals surface area (Å²) >= 11 is 3.31. The molecule has 4 nitrogen and oxygen atoms in total. The summed E-state index contributed by atoms with van der Waals surface area (Å²) in [5.41, 5.74) is 1.60. The predicted octanol–water partition coefficient (Wildman–Crippen LogP) is 4.40. The van der Waals surface area contributed by atoms with Crippen LogP contribution in [0.25, 0.3) is 0 Å². The van der Waals surface area contributed by atoms with Crippen molar-refractivity contribution in [2.45, 2.75) is 31.2 Å². The van der Waals surface area contributed by atoms with Crippen LogP contribution in [0.5, 0.6) is 0 Å². The van der Waals surface area contributed by atoms with E-state index in [2.05, 4.69) is 22.0 Å². The van der Waals surface area contributed by atoms with E-state index in [0.717, 1.165) is 11.1 Å². The minimum absolute atomic E-state index is 0.129. The number of halogens is 1. The van der Waals surface area contributed by atoms with Crippen LogP contribution in [-0.2, 0) is 16.1 Å². The first-order chi connectivity index (χ1) is 11.0. The number of hydrogen-bond acceptors (Lipinski definition) is 4. The van der Waals surface area contributed by atoms with Gasteiger partial charge in [0.05, 0.1) is 12.3 Å². The first kappa shape index (κ1) is 17.3. The molecule has 120 valence electrons. The molecule has 23 heavy (non-hydrogen) atoms. The van der Waals surface area contributed by atoms with Gasteiger partial charge in [-0.25, -0.2) is 0 Å². The van der Waals surface area contributed by atoms with Gasteiger partial charge in [-0.1, -0.05) is 60.1 Å². The second-order valence-corrected chi connectivity index (χ2v) is 6.57. The lowest BCUT2D eigenvalue weighted by molar-refractivity contribution is -0.144. The molecule has 0 bridgehead atoms. The first-order valence-corrected chi connectivity index (χ1v) is 8.27. The van der Waals surface area contributed by atoms with Crippen LogP contribution in [-0.4, -0.2) is 10.8 Å². The molecule has 1 aromatic heterocycles. The fraction of sp³-hybridized carbons (Fsp3) is 0.333. The molecule has 1 aromatic carbocycles. The van der Waals surface area contributed by atoms with Crippen LogP contribution in [0, 0.1) is 17.2 Å². The van der Waals surface area contributed by atoms with Crippen molar-refractivity contribution in [2.24, 2.45) is 5.92 Å². The van der Waals surface area contributed by atoms with Crippen LogP contribution in [0.3, 0.4) is 0 Å². The monoisotopic (exact) mass is 375 g/mol. The van der Waals surface area contributed by atoms with Crippen molar-refractivity contribution in [2.75, 3.05) is 0 Å². The van der Waals surface area contributed by atoms with Crippen LogP contribution in [0.1, 0.15) is 36.7 Å². The van der Waals surface area contributed by atoms with Gasteiger partial charge in [-0.2, -0.15) is 5.26 Å². The molecule has 2 unspecified atom stereocenters. The summed E-state index contributed by atoms with van der Waals surface area (Å²) in [5, 5.41) is 9.39. The van der Waals surface area contributed by atoms with Gasteiger partial charge in [0.25, 0.3) is 0 Å². The van der Waals surface area contributed by atoms with Gasteiger partial charge in [-0.3, -0.25) is 4.79 Å². The number of nitrogens with zero attached hydrogens (tertiary/aromatic N) is 1. The van der Waals surface area contributed by atoms with Crippen molar-refractivity contribution in [1.29, 1.82) is 5.26 Å². The fourth-order valence-corrected chi connectivity index (χ4v) is 2.21. The molecule has 0 radical (unpaired) electrons. The zero-order chi connectivity index (χ0) is 16.8. The molecule has 0 spiro atoms. The highest BCUT2D eigenvalue weighted by atomic mass is 79.9. The number of furan rings is 1. The highest BCUT2D eigenvalue weighted by Gasteiger charge is 2.21. The molecular formula is C18H18BrNO3. The maximum atomic E-state index is 11.8. The van der Waals surface area contributed by atoms with E-state index in [1.807, 2.05) is 44.2 Å². The molecule has 0 saturated heterocycles. The Kier molecular flexibility index (Phi) is 6.00. The van der Waals surface area contributed by atoms with Crippen LogP contribution in [0.2, 0.25) is 0 Å². The van der Waals surface area contributed by atoms with Gasteiger partial charge in [0.2, 0.25) is 0 Å². The Balaban J connectivity index is 2.03. The molecule has 0 aliphatic rings. The Morgan fingerprint density at radius 3 is 2.65 bits per heavy atom. The smallest absolute Gasteiger partial charge is 0.320 e. The predicted molar refractivity (Wildman–Crippen MR) is 90.0 cm³/mol. The average molecular weight is 376 g/mol. The summed E-state index contributed by atoms with van der Waals surface area (Å²) in [6.45, 7) is 4.01. The van der Waals surface area contributed by atoms with Gasteiger partial charge >= 0.3 is 5.97 Å². The number of nitriles is 1. The summed E-state index contributed by atoms with van der Waals surface area (Å²) in [4.78, 5) is 11.5. The van der Waals surface area contributed by atoms with E-state index in [4.69, 9.17) is 9.15 Å². The maximum Gasteiger partial charge on any atom is 0.320 e. The SMILES string of the molecule is CC(C)C(Br)C(=O)OCc1coc(C(C#N)c2ccccc2)c1.